The van der Waals surface area contributed by atoms with Gasteiger partial charge >= 0.3 is 0 Å². The van der Waals surface area contributed by atoms with Crippen LogP contribution in [-0.2, 0) is 4.74 Å². The summed E-state index contributed by atoms with van der Waals surface area (Å²) in [5, 5.41) is 0.507. The van der Waals surface area contributed by atoms with Crippen molar-refractivity contribution in [2.45, 2.75) is 26.4 Å². The number of carbonyl (C=O) groups excluding carboxylic acids is 1. The Morgan fingerprint density at radius 2 is 2.07 bits per heavy atom. The van der Waals surface area contributed by atoms with Crippen molar-refractivity contribution in [2.75, 3.05) is 6.61 Å². The summed E-state index contributed by atoms with van der Waals surface area (Å²) < 4.78 is 5.31. The molecule has 3 heteroatoms. The SMILES string of the molecule is CC(C)OCCC(=O)c1ccccc1Cl. The summed E-state index contributed by atoms with van der Waals surface area (Å²) in [7, 11) is 0. The van der Waals surface area contributed by atoms with Gasteiger partial charge in [0.25, 0.3) is 0 Å². The molecule has 0 N–H and O–H groups in total. The van der Waals surface area contributed by atoms with Crippen LogP contribution in [0.5, 0.6) is 0 Å². The molecule has 0 aliphatic heterocycles. The van der Waals surface area contributed by atoms with Crippen molar-refractivity contribution in [1.29, 1.82) is 0 Å². The molecule has 1 aromatic rings. The van der Waals surface area contributed by atoms with Gasteiger partial charge in [-0.1, -0.05) is 23.7 Å². The van der Waals surface area contributed by atoms with Crippen LogP contribution < -0.4 is 0 Å². The van der Waals surface area contributed by atoms with Crippen LogP contribution in [0, 0.1) is 0 Å². The predicted octanol–water partition coefficient (Wildman–Crippen LogP) is 3.34. The van der Waals surface area contributed by atoms with E-state index in [0.29, 0.717) is 23.6 Å². The Labute approximate surface area is 95.2 Å². The fourth-order valence-corrected chi connectivity index (χ4v) is 1.45. The molecule has 0 amide bonds. The van der Waals surface area contributed by atoms with Gasteiger partial charge in [0, 0.05) is 12.0 Å². The van der Waals surface area contributed by atoms with Crippen molar-refractivity contribution in [3.05, 3.63) is 34.9 Å². The van der Waals surface area contributed by atoms with E-state index in [0.717, 1.165) is 0 Å². The molecule has 1 rings (SSSR count). The molecule has 15 heavy (non-hydrogen) atoms. The lowest BCUT2D eigenvalue weighted by Crippen LogP contribution is -2.09. The van der Waals surface area contributed by atoms with E-state index in [9.17, 15) is 4.79 Å². The van der Waals surface area contributed by atoms with Crippen LogP contribution in [0.3, 0.4) is 0 Å². The highest BCUT2D eigenvalue weighted by molar-refractivity contribution is 6.33. The second-order valence-corrected chi connectivity index (χ2v) is 3.98. The van der Waals surface area contributed by atoms with Crippen LogP contribution in [0.2, 0.25) is 5.02 Å². The van der Waals surface area contributed by atoms with E-state index in [4.69, 9.17) is 16.3 Å². The Morgan fingerprint density at radius 1 is 1.40 bits per heavy atom. The van der Waals surface area contributed by atoms with E-state index >= 15 is 0 Å². The Balaban J connectivity index is 2.51. The lowest BCUT2D eigenvalue weighted by Gasteiger charge is -2.07. The van der Waals surface area contributed by atoms with Crippen LogP contribution in [0.4, 0.5) is 0 Å². The number of carbonyl (C=O) groups is 1. The number of ether oxygens (including phenoxy) is 1. The number of ketones is 1. The summed E-state index contributed by atoms with van der Waals surface area (Å²) in [5.74, 6) is 0.0289. The molecule has 0 radical (unpaired) electrons. The molecule has 0 atom stereocenters. The van der Waals surface area contributed by atoms with E-state index < -0.39 is 0 Å². The molecular weight excluding hydrogens is 212 g/mol. The molecule has 0 saturated carbocycles. The molecule has 0 heterocycles. The summed E-state index contributed by atoms with van der Waals surface area (Å²) in [6.07, 6.45) is 0.533. The maximum absolute atomic E-state index is 11.7. The molecule has 0 aliphatic rings. The molecular formula is C12H15ClO2. The smallest absolute Gasteiger partial charge is 0.166 e. The Bertz CT molecular complexity index is 334. The molecule has 2 nitrogen and oxygen atoms in total. The Morgan fingerprint density at radius 3 is 2.67 bits per heavy atom. The average molecular weight is 227 g/mol. The highest BCUT2D eigenvalue weighted by Gasteiger charge is 2.09. The molecule has 0 unspecified atom stereocenters. The average Bonchev–Trinajstić information content (AvgIpc) is 2.17. The maximum atomic E-state index is 11.7. The summed E-state index contributed by atoms with van der Waals surface area (Å²) in [4.78, 5) is 11.7. The third kappa shape index (κ3) is 4.02. The minimum Gasteiger partial charge on any atom is -0.378 e. The third-order valence-electron chi connectivity index (χ3n) is 1.95. The fraction of sp³-hybridized carbons (Fsp3) is 0.417. The first-order valence-corrected chi connectivity index (χ1v) is 5.38. The van der Waals surface area contributed by atoms with E-state index in [1.165, 1.54) is 0 Å². The van der Waals surface area contributed by atoms with E-state index in [-0.39, 0.29) is 11.9 Å². The van der Waals surface area contributed by atoms with Crippen LogP contribution in [0.25, 0.3) is 0 Å². The minimum atomic E-state index is 0.0289. The van der Waals surface area contributed by atoms with Crippen molar-refractivity contribution in [1.82, 2.24) is 0 Å². The van der Waals surface area contributed by atoms with E-state index in [1.807, 2.05) is 26.0 Å². The highest BCUT2D eigenvalue weighted by Crippen LogP contribution is 2.16. The fourth-order valence-electron chi connectivity index (χ4n) is 1.21. The summed E-state index contributed by atoms with van der Waals surface area (Å²) in [6, 6.07) is 7.07. The summed E-state index contributed by atoms with van der Waals surface area (Å²) >= 11 is 5.90. The second kappa shape index (κ2) is 5.89. The Hall–Kier alpha value is -0.860. The minimum absolute atomic E-state index is 0.0289. The van der Waals surface area contributed by atoms with Crippen LogP contribution in [0.1, 0.15) is 30.6 Å². The standard InChI is InChI=1S/C12H15ClO2/c1-9(2)15-8-7-12(14)10-5-3-4-6-11(10)13/h3-6,9H,7-8H2,1-2H3. The quantitative estimate of drug-likeness (QED) is 0.720. The zero-order valence-corrected chi connectivity index (χ0v) is 9.75. The van der Waals surface area contributed by atoms with Gasteiger partial charge in [-0.25, -0.2) is 0 Å². The first-order valence-electron chi connectivity index (χ1n) is 5.00. The van der Waals surface area contributed by atoms with Crippen LogP contribution in [0.15, 0.2) is 24.3 Å². The summed E-state index contributed by atoms with van der Waals surface area (Å²) in [5.41, 5.74) is 0.575. The van der Waals surface area contributed by atoms with E-state index in [2.05, 4.69) is 0 Å². The molecule has 0 aliphatic carbocycles. The lowest BCUT2D eigenvalue weighted by atomic mass is 10.1. The first kappa shape index (κ1) is 12.2. The first-order chi connectivity index (χ1) is 7.11. The number of hydrogen-bond donors (Lipinski definition) is 0. The van der Waals surface area contributed by atoms with Crippen LogP contribution >= 0.6 is 11.6 Å². The van der Waals surface area contributed by atoms with Gasteiger partial charge in [-0.05, 0) is 26.0 Å². The maximum Gasteiger partial charge on any atom is 0.166 e. The largest absolute Gasteiger partial charge is 0.378 e. The number of rotatable bonds is 5. The predicted molar refractivity (Wildman–Crippen MR) is 61.5 cm³/mol. The van der Waals surface area contributed by atoms with Crippen LogP contribution in [-0.4, -0.2) is 18.5 Å². The molecule has 0 saturated heterocycles. The molecule has 0 spiro atoms. The van der Waals surface area contributed by atoms with Gasteiger partial charge in [-0.15, -0.1) is 0 Å². The van der Waals surface area contributed by atoms with Crippen molar-refractivity contribution in [3.8, 4) is 0 Å². The van der Waals surface area contributed by atoms with Crippen molar-refractivity contribution in [2.24, 2.45) is 0 Å². The molecule has 0 fully saturated rings. The lowest BCUT2D eigenvalue weighted by molar-refractivity contribution is 0.0678. The van der Waals surface area contributed by atoms with Gasteiger partial charge in [0.05, 0.1) is 17.7 Å². The number of benzene rings is 1. The topological polar surface area (TPSA) is 26.3 Å². The van der Waals surface area contributed by atoms with Crippen molar-refractivity contribution in [3.63, 3.8) is 0 Å². The van der Waals surface area contributed by atoms with Gasteiger partial charge < -0.3 is 4.74 Å². The van der Waals surface area contributed by atoms with E-state index in [1.54, 1.807) is 12.1 Å². The van der Waals surface area contributed by atoms with Gasteiger partial charge in [0.1, 0.15) is 0 Å². The number of hydrogen-bond acceptors (Lipinski definition) is 2. The second-order valence-electron chi connectivity index (χ2n) is 3.57. The third-order valence-corrected chi connectivity index (χ3v) is 2.28. The van der Waals surface area contributed by atoms with Gasteiger partial charge in [0.2, 0.25) is 0 Å². The Kier molecular flexibility index (Phi) is 4.79. The van der Waals surface area contributed by atoms with Gasteiger partial charge in [0.15, 0.2) is 5.78 Å². The molecule has 82 valence electrons. The molecule has 1 aromatic carbocycles. The zero-order valence-electron chi connectivity index (χ0n) is 9.00. The highest BCUT2D eigenvalue weighted by atomic mass is 35.5. The van der Waals surface area contributed by atoms with Gasteiger partial charge in [-0.2, -0.15) is 0 Å². The molecule has 0 bridgehead atoms. The van der Waals surface area contributed by atoms with Gasteiger partial charge in [-0.3, -0.25) is 4.79 Å². The number of halogens is 1. The zero-order chi connectivity index (χ0) is 11.3. The summed E-state index contributed by atoms with van der Waals surface area (Å²) in [6.45, 7) is 4.33. The molecule has 0 aromatic heterocycles. The number of Topliss-reactive ketones (excluding diaryl/α,β-unsaturated/α-hetero) is 1. The normalized spacial score (nSPS) is 10.7. The van der Waals surface area contributed by atoms with Crippen molar-refractivity contribution >= 4 is 17.4 Å². The monoisotopic (exact) mass is 226 g/mol. The van der Waals surface area contributed by atoms with Crippen molar-refractivity contribution < 1.29 is 9.53 Å².